The molecule has 0 aromatic heterocycles. The summed E-state index contributed by atoms with van der Waals surface area (Å²) in [5, 5.41) is 3.29. The molecule has 4 nitrogen and oxygen atoms in total. The van der Waals surface area contributed by atoms with Crippen molar-refractivity contribution in [3.63, 3.8) is 0 Å². The first-order valence-corrected chi connectivity index (χ1v) is 6.55. The first-order chi connectivity index (χ1) is 9.56. The zero-order valence-corrected chi connectivity index (χ0v) is 12.0. The zero-order chi connectivity index (χ0) is 14.5. The second kappa shape index (κ2) is 6.19. The van der Waals surface area contributed by atoms with Gasteiger partial charge in [0.25, 0.3) is 0 Å². The maximum atomic E-state index is 5.89. The van der Waals surface area contributed by atoms with Gasteiger partial charge in [0.05, 0.1) is 13.2 Å². The van der Waals surface area contributed by atoms with E-state index in [1.54, 1.807) is 7.11 Å². The van der Waals surface area contributed by atoms with Crippen LogP contribution in [0.25, 0.3) is 0 Å². The topological polar surface area (TPSA) is 56.5 Å². The third kappa shape index (κ3) is 3.82. The van der Waals surface area contributed by atoms with Crippen LogP contribution in [0.1, 0.15) is 13.8 Å². The third-order valence-electron chi connectivity index (χ3n) is 2.68. The quantitative estimate of drug-likeness (QED) is 0.813. The van der Waals surface area contributed by atoms with Crippen LogP contribution in [0.3, 0.4) is 0 Å². The minimum atomic E-state index is 0.116. The highest BCUT2D eigenvalue weighted by Gasteiger charge is 2.03. The first-order valence-electron chi connectivity index (χ1n) is 6.55. The summed E-state index contributed by atoms with van der Waals surface area (Å²) in [7, 11) is 1.65. The molecule has 0 amide bonds. The van der Waals surface area contributed by atoms with Gasteiger partial charge in [0.15, 0.2) is 0 Å². The van der Waals surface area contributed by atoms with Gasteiger partial charge in [-0.15, -0.1) is 0 Å². The van der Waals surface area contributed by atoms with Crippen molar-refractivity contribution in [1.82, 2.24) is 0 Å². The summed E-state index contributed by atoms with van der Waals surface area (Å²) in [4.78, 5) is 0. The van der Waals surface area contributed by atoms with E-state index in [1.807, 2.05) is 56.3 Å². The van der Waals surface area contributed by atoms with Crippen LogP contribution in [0.15, 0.2) is 42.5 Å². The van der Waals surface area contributed by atoms with Crippen LogP contribution in [0.4, 0.5) is 17.1 Å². The molecule has 0 fully saturated rings. The molecule has 0 saturated heterocycles. The number of benzene rings is 2. The molecule has 2 rings (SSSR count). The van der Waals surface area contributed by atoms with Gasteiger partial charge in [-0.1, -0.05) is 0 Å². The number of nitrogens with one attached hydrogen (secondary N) is 1. The van der Waals surface area contributed by atoms with Crippen molar-refractivity contribution < 1.29 is 9.47 Å². The minimum absolute atomic E-state index is 0.116. The van der Waals surface area contributed by atoms with Crippen LogP contribution >= 0.6 is 0 Å². The monoisotopic (exact) mass is 272 g/mol. The van der Waals surface area contributed by atoms with Gasteiger partial charge in [-0.25, -0.2) is 0 Å². The Balaban J connectivity index is 2.17. The van der Waals surface area contributed by atoms with Crippen molar-refractivity contribution in [2.45, 2.75) is 20.0 Å². The predicted octanol–water partition coefficient (Wildman–Crippen LogP) is 3.81. The molecule has 0 aliphatic rings. The summed E-state index contributed by atoms with van der Waals surface area (Å²) >= 11 is 0. The fourth-order valence-corrected chi connectivity index (χ4v) is 1.88. The van der Waals surface area contributed by atoms with Crippen LogP contribution in [0.5, 0.6) is 11.5 Å². The van der Waals surface area contributed by atoms with E-state index in [0.717, 1.165) is 22.9 Å². The van der Waals surface area contributed by atoms with Gasteiger partial charge in [-0.3, -0.25) is 0 Å². The Bertz CT molecular complexity index is 565. The molecule has 2 aromatic carbocycles. The largest absolute Gasteiger partial charge is 0.497 e. The minimum Gasteiger partial charge on any atom is -0.497 e. The number of hydrogen-bond donors (Lipinski definition) is 2. The highest BCUT2D eigenvalue weighted by Crippen LogP contribution is 2.26. The maximum Gasteiger partial charge on any atom is 0.123 e. The summed E-state index contributed by atoms with van der Waals surface area (Å²) in [5.41, 5.74) is 8.42. The second-order valence-electron chi connectivity index (χ2n) is 4.81. The molecule has 106 valence electrons. The number of ether oxygens (including phenoxy) is 2. The summed E-state index contributed by atoms with van der Waals surface area (Å²) in [6, 6.07) is 13.3. The van der Waals surface area contributed by atoms with Crippen LogP contribution in [-0.4, -0.2) is 13.2 Å². The van der Waals surface area contributed by atoms with Gasteiger partial charge in [0.2, 0.25) is 0 Å². The van der Waals surface area contributed by atoms with E-state index in [-0.39, 0.29) is 6.10 Å². The standard InChI is InChI=1S/C16H20N2O2/c1-11(2)20-16-9-12(17)8-14(10-16)18-13-4-6-15(19-3)7-5-13/h4-11,18H,17H2,1-3H3. The Hall–Kier alpha value is -2.36. The van der Waals surface area contributed by atoms with Crippen LogP contribution in [0.2, 0.25) is 0 Å². The Morgan fingerprint density at radius 3 is 2.25 bits per heavy atom. The van der Waals surface area contributed by atoms with Crippen molar-refractivity contribution in [3.8, 4) is 11.5 Å². The Labute approximate surface area is 119 Å². The molecule has 0 heterocycles. The average molecular weight is 272 g/mol. The van der Waals surface area contributed by atoms with E-state index in [1.165, 1.54) is 0 Å². The molecule has 4 heteroatoms. The Morgan fingerprint density at radius 2 is 1.65 bits per heavy atom. The molecule has 20 heavy (non-hydrogen) atoms. The van der Waals surface area contributed by atoms with Crippen molar-refractivity contribution in [2.75, 3.05) is 18.2 Å². The van der Waals surface area contributed by atoms with Gasteiger partial charge < -0.3 is 20.5 Å². The predicted molar refractivity (Wildman–Crippen MR) is 82.9 cm³/mol. The molecule has 0 bridgehead atoms. The van der Waals surface area contributed by atoms with Crippen LogP contribution in [-0.2, 0) is 0 Å². The number of nitrogens with two attached hydrogens (primary N) is 1. The molecule has 0 unspecified atom stereocenters. The normalized spacial score (nSPS) is 10.4. The van der Waals surface area contributed by atoms with Gasteiger partial charge in [-0.05, 0) is 44.2 Å². The lowest BCUT2D eigenvalue weighted by Crippen LogP contribution is -2.06. The maximum absolute atomic E-state index is 5.89. The summed E-state index contributed by atoms with van der Waals surface area (Å²) in [5.74, 6) is 1.59. The molecule has 0 aliphatic carbocycles. The zero-order valence-electron chi connectivity index (χ0n) is 12.0. The van der Waals surface area contributed by atoms with Crippen LogP contribution in [0, 0.1) is 0 Å². The SMILES string of the molecule is COc1ccc(Nc2cc(N)cc(OC(C)C)c2)cc1. The van der Waals surface area contributed by atoms with E-state index in [4.69, 9.17) is 15.2 Å². The molecule has 2 aromatic rings. The molecule has 0 spiro atoms. The van der Waals surface area contributed by atoms with E-state index in [2.05, 4.69) is 5.32 Å². The third-order valence-corrected chi connectivity index (χ3v) is 2.68. The van der Waals surface area contributed by atoms with Gasteiger partial charge >= 0.3 is 0 Å². The Morgan fingerprint density at radius 1 is 0.950 bits per heavy atom. The van der Waals surface area contributed by atoms with Crippen LogP contribution < -0.4 is 20.5 Å². The summed E-state index contributed by atoms with van der Waals surface area (Å²) in [6.07, 6.45) is 0.116. The van der Waals surface area contributed by atoms with E-state index < -0.39 is 0 Å². The number of rotatable bonds is 5. The molecule has 0 aliphatic heterocycles. The first kappa shape index (κ1) is 14.1. The van der Waals surface area contributed by atoms with Crippen molar-refractivity contribution in [3.05, 3.63) is 42.5 Å². The highest BCUT2D eigenvalue weighted by atomic mass is 16.5. The fourth-order valence-electron chi connectivity index (χ4n) is 1.88. The van der Waals surface area contributed by atoms with E-state index >= 15 is 0 Å². The lowest BCUT2D eigenvalue weighted by atomic mass is 10.2. The van der Waals surface area contributed by atoms with E-state index in [0.29, 0.717) is 5.69 Å². The molecule has 0 radical (unpaired) electrons. The van der Waals surface area contributed by atoms with E-state index in [9.17, 15) is 0 Å². The highest BCUT2D eigenvalue weighted by molar-refractivity contribution is 5.66. The number of hydrogen-bond acceptors (Lipinski definition) is 4. The van der Waals surface area contributed by atoms with Gasteiger partial charge in [-0.2, -0.15) is 0 Å². The lowest BCUT2D eigenvalue weighted by molar-refractivity contribution is 0.242. The lowest BCUT2D eigenvalue weighted by Gasteiger charge is -2.13. The average Bonchev–Trinajstić information content (AvgIpc) is 2.38. The summed E-state index contributed by atoms with van der Waals surface area (Å²) in [6.45, 7) is 3.97. The Kier molecular flexibility index (Phi) is 4.35. The second-order valence-corrected chi connectivity index (χ2v) is 4.81. The molecule has 0 saturated carbocycles. The molecule has 3 N–H and O–H groups in total. The molecular formula is C16H20N2O2. The van der Waals surface area contributed by atoms with Crippen molar-refractivity contribution in [1.29, 1.82) is 0 Å². The number of anilines is 3. The van der Waals surface area contributed by atoms with Gasteiger partial charge in [0.1, 0.15) is 11.5 Å². The number of methoxy groups -OCH3 is 1. The molecule has 0 atom stereocenters. The fraction of sp³-hybridized carbons (Fsp3) is 0.250. The molecular weight excluding hydrogens is 252 g/mol. The number of nitrogen functional groups attached to an aromatic ring is 1. The summed E-state index contributed by atoms with van der Waals surface area (Å²) < 4.78 is 10.8. The smallest absolute Gasteiger partial charge is 0.123 e. The van der Waals surface area contributed by atoms with Gasteiger partial charge in [0, 0.05) is 29.2 Å². The van der Waals surface area contributed by atoms with Crippen molar-refractivity contribution >= 4 is 17.1 Å². The van der Waals surface area contributed by atoms with Crippen molar-refractivity contribution in [2.24, 2.45) is 0 Å².